The second-order valence-corrected chi connectivity index (χ2v) is 6.60. The number of aryl methyl sites for hydroxylation is 1. The van der Waals surface area contributed by atoms with Gasteiger partial charge >= 0.3 is 11.6 Å². The molecule has 0 amide bonds. The quantitative estimate of drug-likeness (QED) is 0.376. The Balaban J connectivity index is 2.18. The van der Waals surface area contributed by atoms with E-state index >= 15 is 0 Å². The molecule has 25 heavy (non-hydrogen) atoms. The van der Waals surface area contributed by atoms with Crippen molar-refractivity contribution in [3.05, 3.63) is 57.4 Å². The van der Waals surface area contributed by atoms with Crippen LogP contribution in [0.1, 0.15) is 47.2 Å². The van der Waals surface area contributed by atoms with E-state index in [4.69, 9.17) is 9.15 Å². The number of ether oxygens (including phenoxy) is 1. The van der Waals surface area contributed by atoms with Gasteiger partial charge in [0.1, 0.15) is 5.58 Å². The van der Waals surface area contributed by atoms with E-state index in [-0.39, 0.29) is 5.97 Å². The first kappa shape index (κ1) is 15.9. The highest BCUT2D eigenvalue weighted by Crippen LogP contribution is 2.34. The maximum Gasteiger partial charge on any atom is 0.344 e. The lowest BCUT2D eigenvalue weighted by Crippen LogP contribution is -2.13. The predicted molar refractivity (Wildman–Crippen MR) is 97.2 cm³/mol. The van der Waals surface area contributed by atoms with Crippen LogP contribution in [0.2, 0.25) is 0 Å². The topological polar surface area (TPSA) is 56.5 Å². The van der Waals surface area contributed by atoms with Crippen LogP contribution in [-0.4, -0.2) is 13.1 Å². The molecule has 0 aliphatic heterocycles. The molecule has 4 rings (SSSR count). The SMILES string of the molecule is COC(=O)c1cc2c(=O)oc3ccccc3c2c2c1CCCCCC2. The number of carbonyl (C=O) groups excluding carboxylic acids is 1. The number of benzene rings is 2. The van der Waals surface area contributed by atoms with Gasteiger partial charge < -0.3 is 9.15 Å². The van der Waals surface area contributed by atoms with Crippen LogP contribution in [0.3, 0.4) is 0 Å². The Hall–Kier alpha value is -2.62. The molecule has 4 nitrogen and oxygen atoms in total. The van der Waals surface area contributed by atoms with Crippen LogP contribution in [0.5, 0.6) is 0 Å². The van der Waals surface area contributed by atoms with Crippen molar-refractivity contribution in [2.24, 2.45) is 0 Å². The van der Waals surface area contributed by atoms with E-state index in [1.807, 2.05) is 24.3 Å². The monoisotopic (exact) mass is 336 g/mol. The molecule has 1 aromatic heterocycles. The summed E-state index contributed by atoms with van der Waals surface area (Å²) in [5, 5.41) is 2.35. The van der Waals surface area contributed by atoms with Gasteiger partial charge in [0.05, 0.1) is 18.1 Å². The second kappa shape index (κ2) is 6.36. The normalized spacial score (nSPS) is 14.8. The van der Waals surface area contributed by atoms with Crippen LogP contribution >= 0.6 is 0 Å². The molecule has 4 heteroatoms. The first-order valence-electron chi connectivity index (χ1n) is 8.79. The van der Waals surface area contributed by atoms with Crippen molar-refractivity contribution in [3.63, 3.8) is 0 Å². The first-order valence-corrected chi connectivity index (χ1v) is 8.79. The van der Waals surface area contributed by atoms with Crippen LogP contribution in [-0.2, 0) is 17.6 Å². The summed E-state index contributed by atoms with van der Waals surface area (Å²) in [6.07, 6.45) is 6.13. The van der Waals surface area contributed by atoms with Gasteiger partial charge in [0, 0.05) is 10.8 Å². The Morgan fingerprint density at radius 1 is 1.00 bits per heavy atom. The molecular formula is C21H20O4. The molecule has 0 N–H and O–H groups in total. The Morgan fingerprint density at radius 2 is 1.72 bits per heavy atom. The Morgan fingerprint density at radius 3 is 2.48 bits per heavy atom. The predicted octanol–water partition coefficient (Wildman–Crippen LogP) is 4.39. The summed E-state index contributed by atoms with van der Waals surface area (Å²) >= 11 is 0. The molecule has 0 radical (unpaired) electrons. The van der Waals surface area contributed by atoms with E-state index in [9.17, 15) is 9.59 Å². The largest absolute Gasteiger partial charge is 0.465 e. The van der Waals surface area contributed by atoms with E-state index in [2.05, 4.69) is 0 Å². The molecular weight excluding hydrogens is 316 g/mol. The van der Waals surface area contributed by atoms with Crippen LogP contribution in [0, 0.1) is 0 Å². The number of methoxy groups -OCH3 is 1. The molecule has 128 valence electrons. The molecule has 0 unspecified atom stereocenters. The maximum atomic E-state index is 12.6. The van der Waals surface area contributed by atoms with Gasteiger partial charge in [-0.25, -0.2) is 9.59 Å². The minimum Gasteiger partial charge on any atom is -0.465 e. The molecule has 1 heterocycles. The van der Waals surface area contributed by atoms with Crippen molar-refractivity contribution in [1.82, 2.24) is 0 Å². The van der Waals surface area contributed by atoms with Crippen LogP contribution < -0.4 is 5.63 Å². The zero-order chi connectivity index (χ0) is 17.4. The zero-order valence-corrected chi connectivity index (χ0v) is 14.3. The molecule has 0 spiro atoms. The average molecular weight is 336 g/mol. The van der Waals surface area contributed by atoms with Crippen LogP contribution in [0.15, 0.2) is 39.5 Å². The summed E-state index contributed by atoms with van der Waals surface area (Å²) < 4.78 is 10.5. The minimum absolute atomic E-state index is 0.383. The number of rotatable bonds is 1. The molecule has 2 aromatic carbocycles. The van der Waals surface area contributed by atoms with Crippen molar-refractivity contribution >= 4 is 27.7 Å². The van der Waals surface area contributed by atoms with Crippen molar-refractivity contribution in [2.75, 3.05) is 7.11 Å². The lowest BCUT2D eigenvalue weighted by atomic mass is 9.85. The summed E-state index contributed by atoms with van der Waals surface area (Å²) in [5.41, 5.74) is 2.85. The standard InChI is InChI=1S/C21H20O4/c1-24-20(22)16-12-17-19(14-9-5-3-2-4-8-13(14)16)15-10-6-7-11-18(15)25-21(17)23/h6-7,10-12H,2-5,8-9H2,1H3. The van der Waals surface area contributed by atoms with Crippen molar-refractivity contribution in [2.45, 2.75) is 38.5 Å². The number of para-hydroxylation sites is 1. The third-order valence-corrected chi connectivity index (χ3v) is 5.14. The van der Waals surface area contributed by atoms with Crippen LogP contribution in [0.4, 0.5) is 0 Å². The Kier molecular flexibility index (Phi) is 4.04. The minimum atomic E-state index is -0.399. The molecule has 3 aromatic rings. The molecule has 0 saturated heterocycles. The highest BCUT2D eigenvalue weighted by Gasteiger charge is 2.23. The van der Waals surface area contributed by atoms with Gasteiger partial charge in [-0.05, 0) is 48.9 Å². The average Bonchev–Trinajstić information content (AvgIpc) is 2.60. The first-order chi connectivity index (χ1) is 12.2. The summed E-state index contributed by atoms with van der Waals surface area (Å²) in [6.45, 7) is 0. The third-order valence-electron chi connectivity index (χ3n) is 5.14. The lowest BCUT2D eigenvalue weighted by Gasteiger charge is -2.20. The van der Waals surface area contributed by atoms with E-state index < -0.39 is 5.63 Å². The number of hydrogen-bond acceptors (Lipinski definition) is 4. The van der Waals surface area contributed by atoms with Crippen molar-refractivity contribution in [3.8, 4) is 0 Å². The summed E-state index contributed by atoms with van der Waals surface area (Å²) in [6, 6.07) is 9.28. The Bertz CT molecular complexity index is 1030. The fourth-order valence-electron chi connectivity index (χ4n) is 3.98. The van der Waals surface area contributed by atoms with E-state index in [1.54, 1.807) is 6.07 Å². The van der Waals surface area contributed by atoms with Gasteiger partial charge in [-0.15, -0.1) is 0 Å². The summed E-state index contributed by atoms with van der Waals surface area (Å²) in [5.74, 6) is -0.383. The van der Waals surface area contributed by atoms with E-state index in [0.29, 0.717) is 16.5 Å². The second-order valence-electron chi connectivity index (χ2n) is 6.60. The fourth-order valence-corrected chi connectivity index (χ4v) is 3.98. The van der Waals surface area contributed by atoms with E-state index in [0.717, 1.165) is 54.0 Å². The highest BCUT2D eigenvalue weighted by molar-refractivity contribution is 6.09. The third kappa shape index (κ3) is 2.62. The van der Waals surface area contributed by atoms with Gasteiger partial charge in [0.15, 0.2) is 0 Å². The highest BCUT2D eigenvalue weighted by atomic mass is 16.5. The van der Waals surface area contributed by atoms with Gasteiger partial charge in [-0.1, -0.05) is 31.0 Å². The molecule has 0 bridgehead atoms. The van der Waals surface area contributed by atoms with Crippen molar-refractivity contribution < 1.29 is 13.9 Å². The van der Waals surface area contributed by atoms with Gasteiger partial charge in [-0.3, -0.25) is 0 Å². The molecule has 0 atom stereocenters. The molecule has 0 fully saturated rings. The van der Waals surface area contributed by atoms with Gasteiger partial charge in [-0.2, -0.15) is 0 Å². The van der Waals surface area contributed by atoms with Gasteiger partial charge in [0.25, 0.3) is 0 Å². The summed E-state index contributed by atoms with van der Waals surface area (Å²) in [7, 11) is 1.38. The fraction of sp³-hybridized carbons (Fsp3) is 0.333. The summed E-state index contributed by atoms with van der Waals surface area (Å²) in [4.78, 5) is 24.9. The smallest absolute Gasteiger partial charge is 0.344 e. The molecule has 1 aliphatic carbocycles. The maximum absolute atomic E-state index is 12.6. The van der Waals surface area contributed by atoms with E-state index in [1.165, 1.54) is 13.5 Å². The lowest BCUT2D eigenvalue weighted by molar-refractivity contribution is 0.0599. The molecule has 0 saturated carbocycles. The van der Waals surface area contributed by atoms with Crippen LogP contribution in [0.25, 0.3) is 21.7 Å². The number of esters is 1. The van der Waals surface area contributed by atoms with Gasteiger partial charge in [0.2, 0.25) is 0 Å². The number of hydrogen-bond donors (Lipinski definition) is 0. The number of fused-ring (bicyclic) bond motifs is 5. The van der Waals surface area contributed by atoms with Crippen molar-refractivity contribution in [1.29, 1.82) is 0 Å². The zero-order valence-electron chi connectivity index (χ0n) is 14.3. The Labute approximate surface area is 145 Å². The number of carbonyl (C=O) groups is 1. The molecule has 1 aliphatic rings.